The summed E-state index contributed by atoms with van der Waals surface area (Å²) in [4.78, 5) is 0. The average Bonchev–Trinajstić information content (AvgIpc) is 3.07. The van der Waals surface area contributed by atoms with Crippen molar-refractivity contribution in [3.8, 4) is 11.1 Å². The van der Waals surface area contributed by atoms with Gasteiger partial charge in [0.15, 0.2) is 0 Å². The minimum absolute atomic E-state index is 0.188. The van der Waals surface area contributed by atoms with Gasteiger partial charge in [0.2, 0.25) is 10.0 Å². The van der Waals surface area contributed by atoms with Crippen molar-refractivity contribution in [1.82, 2.24) is 14.1 Å². The summed E-state index contributed by atoms with van der Waals surface area (Å²) < 4.78 is 50.8. The first-order chi connectivity index (χ1) is 10.5. The highest BCUT2D eigenvalue weighted by Gasteiger charge is 2.27. The zero-order valence-electron chi connectivity index (χ0n) is 11.7. The second kappa shape index (κ2) is 5.77. The van der Waals surface area contributed by atoms with Crippen molar-refractivity contribution < 1.29 is 17.2 Å². The molecule has 22 heavy (non-hydrogen) atoms. The first-order valence-electron chi connectivity index (χ1n) is 6.85. The van der Waals surface area contributed by atoms with Crippen molar-refractivity contribution >= 4 is 10.0 Å². The first-order valence-corrected chi connectivity index (χ1v) is 8.46. The molecule has 0 bridgehead atoms. The molecule has 1 aliphatic rings. The highest BCUT2D eigenvalue weighted by Crippen LogP contribution is 2.24. The molecular formula is C14H15F2N3O2S. The summed E-state index contributed by atoms with van der Waals surface area (Å²) in [7, 11) is -3.15. The summed E-state index contributed by atoms with van der Waals surface area (Å²) in [6, 6.07) is 7.21. The fourth-order valence-electron chi connectivity index (χ4n) is 2.52. The Labute approximate surface area is 127 Å². The Kier molecular flexibility index (Phi) is 3.96. The number of halogens is 2. The first kappa shape index (κ1) is 15.1. The summed E-state index contributed by atoms with van der Waals surface area (Å²) in [6.45, 7) is -1.85. The average molecular weight is 327 g/mol. The lowest BCUT2D eigenvalue weighted by atomic mass is 10.1. The van der Waals surface area contributed by atoms with Gasteiger partial charge in [0.05, 0.1) is 11.9 Å². The monoisotopic (exact) mass is 327 g/mol. The largest absolute Gasteiger partial charge is 0.333 e. The molecule has 0 radical (unpaired) electrons. The predicted octanol–water partition coefficient (Wildman–Crippen LogP) is 2.48. The van der Waals surface area contributed by atoms with Gasteiger partial charge in [0, 0.05) is 24.8 Å². The SMILES string of the molecule is O=S1(=O)CCCN1Cc1cccc(-c2cnn(C(F)F)c2)c1. The maximum Gasteiger partial charge on any atom is 0.333 e. The number of nitrogens with zero attached hydrogens (tertiary/aromatic N) is 3. The molecule has 118 valence electrons. The second-order valence-corrected chi connectivity index (χ2v) is 7.28. The zero-order chi connectivity index (χ0) is 15.7. The van der Waals surface area contributed by atoms with E-state index in [4.69, 9.17) is 0 Å². The molecule has 1 aromatic heterocycles. The van der Waals surface area contributed by atoms with Gasteiger partial charge in [-0.25, -0.2) is 13.1 Å². The Morgan fingerprint density at radius 2 is 2.09 bits per heavy atom. The molecule has 0 N–H and O–H groups in total. The van der Waals surface area contributed by atoms with E-state index in [1.54, 1.807) is 18.2 Å². The van der Waals surface area contributed by atoms with Crippen LogP contribution in [0.4, 0.5) is 8.78 Å². The molecule has 1 fully saturated rings. The van der Waals surface area contributed by atoms with Gasteiger partial charge >= 0.3 is 6.55 Å². The number of hydrogen-bond acceptors (Lipinski definition) is 3. The second-order valence-electron chi connectivity index (χ2n) is 5.19. The Hall–Kier alpha value is -1.80. The van der Waals surface area contributed by atoms with Crippen molar-refractivity contribution in [2.75, 3.05) is 12.3 Å². The molecular weight excluding hydrogens is 312 g/mol. The minimum Gasteiger partial charge on any atom is -0.212 e. The maximum atomic E-state index is 12.6. The summed E-state index contributed by atoms with van der Waals surface area (Å²) in [6.07, 6.45) is 3.29. The van der Waals surface area contributed by atoms with Crippen LogP contribution in [0, 0.1) is 0 Å². The van der Waals surface area contributed by atoms with E-state index in [2.05, 4.69) is 5.10 Å². The number of benzene rings is 1. The molecule has 5 nitrogen and oxygen atoms in total. The molecule has 1 aliphatic heterocycles. The number of hydrogen-bond donors (Lipinski definition) is 0. The molecule has 0 atom stereocenters. The van der Waals surface area contributed by atoms with E-state index in [0.29, 0.717) is 29.8 Å². The van der Waals surface area contributed by atoms with Gasteiger partial charge < -0.3 is 0 Å². The number of aromatic nitrogens is 2. The molecule has 2 heterocycles. The fraction of sp³-hybridized carbons (Fsp3) is 0.357. The van der Waals surface area contributed by atoms with Crippen molar-refractivity contribution in [3.63, 3.8) is 0 Å². The molecule has 2 aromatic rings. The van der Waals surface area contributed by atoms with Gasteiger partial charge in [-0.1, -0.05) is 18.2 Å². The van der Waals surface area contributed by atoms with Gasteiger partial charge in [0.1, 0.15) is 0 Å². The van der Waals surface area contributed by atoms with Crippen molar-refractivity contribution in [2.45, 2.75) is 19.5 Å². The van der Waals surface area contributed by atoms with E-state index >= 15 is 0 Å². The minimum atomic E-state index is -3.15. The normalized spacial score (nSPS) is 18.1. The van der Waals surface area contributed by atoms with E-state index < -0.39 is 16.6 Å². The van der Waals surface area contributed by atoms with E-state index in [1.807, 2.05) is 6.07 Å². The van der Waals surface area contributed by atoms with E-state index in [0.717, 1.165) is 11.1 Å². The topological polar surface area (TPSA) is 55.2 Å². The molecule has 8 heteroatoms. The Morgan fingerprint density at radius 1 is 1.27 bits per heavy atom. The van der Waals surface area contributed by atoms with Gasteiger partial charge in [0.25, 0.3) is 0 Å². The van der Waals surface area contributed by atoms with Gasteiger partial charge in [-0.15, -0.1) is 0 Å². The standard InChI is InChI=1S/C14H15F2N3O2S/c15-14(16)19-10-13(8-17-19)12-4-1-3-11(7-12)9-18-5-2-6-22(18,20)21/h1,3-4,7-8,10,14H,2,5-6,9H2. The third-order valence-electron chi connectivity index (χ3n) is 3.62. The Morgan fingerprint density at radius 3 is 2.73 bits per heavy atom. The van der Waals surface area contributed by atoms with Crippen molar-refractivity contribution in [2.24, 2.45) is 0 Å². The van der Waals surface area contributed by atoms with Crippen LogP contribution in [0.2, 0.25) is 0 Å². The van der Waals surface area contributed by atoms with Crippen molar-refractivity contribution in [1.29, 1.82) is 0 Å². The summed E-state index contributed by atoms with van der Waals surface area (Å²) in [5.41, 5.74) is 2.14. The summed E-state index contributed by atoms with van der Waals surface area (Å²) in [5, 5.41) is 3.61. The number of rotatable bonds is 4. The van der Waals surface area contributed by atoms with E-state index in [-0.39, 0.29) is 5.75 Å². The molecule has 1 aromatic carbocycles. The molecule has 0 unspecified atom stereocenters. The van der Waals surface area contributed by atoms with Crippen LogP contribution >= 0.6 is 0 Å². The van der Waals surface area contributed by atoms with Crippen LogP contribution in [-0.2, 0) is 16.6 Å². The fourth-order valence-corrected chi connectivity index (χ4v) is 4.02. The van der Waals surface area contributed by atoms with Crippen LogP contribution in [0.25, 0.3) is 11.1 Å². The zero-order valence-corrected chi connectivity index (χ0v) is 12.5. The van der Waals surface area contributed by atoms with Gasteiger partial charge in [-0.2, -0.15) is 18.2 Å². The summed E-state index contributed by atoms with van der Waals surface area (Å²) in [5.74, 6) is 0.188. The van der Waals surface area contributed by atoms with E-state index in [9.17, 15) is 17.2 Å². The third-order valence-corrected chi connectivity index (χ3v) is 5.53. The molecule has 0 saturated carbocycles. The lowest BCUT2D eigenvalue weighted by molar-refractivity contribution is 0.0566. The Balaban J connectivity index is 1.83. The quantitative estimate of drug-likeness (QED) is 0.867. The van der Waals surface area contributed by atoms with Crippen LogP contribution in [0.3, 0.4) is 0 Å². The molecule has 3 rings (SSSR count). The van der Waals surface area contributed by atoms with Crippen LogP contribution in [0.1, 0.15) is 18.5 Å². The van der Waals surface area contributed by atoms with Crippen LogP contribution in [0.15, 0.2) is 36.7 Å². The predicted molar refractivity (Wildman–Crippen MR) is 77.7 cm³/mol. The maximum absolute atomic E-state index is 12.6. The summed E-state index contributed by atoms with van der Waals surface area (Å²) >= 11 is 0. The molecule has 0 aliphatic carbocycles. The molecule has 0 amide bonds. The highest BCUT2D eigenvalue weighted by molar-refractivity contribution is 7.89. The lowest BCUT2D eigenvalue weighted by Crippen LogP contribution is -2.25. The molecule has 0 spiro atoms. The third kappa shape index (κ3) is 3.02. The number of alkyl halides is 2. The van der Waals surface area contributed by atoms with E-state index in [1.165, 1.54) is 16.7 Å². The van der Waals surface area contributed by atoms with Crippen LogP contribution in [0.5, 0.6) is 0 Å². The highest BCUT2D eigenvalue weighted by atomic mass is 32.2. The van der Waals surface area contributed by atoms with Crippen LogP contribution in [-0.4, -0.2) is 34.8 Å². The number of sulfonamides is 1. The van der Waals surface area contributed by atoms with Gasteiger partial charge in [-0.05, 0) is 23.6 Å². The molecule has 1 saturated heterocycles. The lowest BCUT2D eigenvalue weighted by Gasteiger charge is -2.14. The van der Waals surface area contributed by atoms with Gasteiger partial charge in [-0.3, -0.25) is 0 Å². The Bertz CT molecular complexity index is 774. The smallest absolute Gasteiger partial charge is 0.212 e. The van der Waals surface area contributed by atoms with Crippen LogP contribution < -0.4 is 0 Å². The van der Waals surface area contributed by atoms with Crippen molar-refractivity contribution in [3.05, 3.63) is 42.2 Å².